The van der Waals surface area contributed by atoms with Gasteiger partial charge in [0.2, 0.25) is 0 Å². The van der Waals surface area contributed by atoms with Crippen molar-refractivity contribution in [2.75, 3.05) is 6.54 Å². The van der Waals surface area contributed by atoms with E-state index in [0.29, 0.717) is 12.5 Å². The van der Waals surface area contributed by atoms with Crippen LogP contribution >= 0.6 is 0 Å². The van der Waals surface area contributed by atoms with Crippen LogP contribution in [0.5, 0.6) is 0 Å². The summed E-state index contributed by atoms with van der Waals surface area (Å²) in [5.41, 5.74) is 5.39. The minimum absolute atomic E-state index is 0.174. The number of rotatable bonds is 8. The second-order valence-electron chi connectivity index (χ2n) is 3.88. The van der Waals surface area contributed by atoms with Crippen LogP contribution in [0.15, 0.2) is 0 Å². The molecule has 0 aromatic carbocycles. The fourth-order valence-electron chi connectivity index (χ4n) is 1.68. The molecule has 0 aliphatic rings. The molecule has 0 aromatic rings. The number of hydrogen-bond acceptors (Lipinski definition) is 2. The molecule has 3 N–H and O–H groups in total. The summed E-state index contributed by atoms with van der Waals surface area (Å²) >= 11 is 0. The third-order valence-corrected chi connectivity index (χ3v) is 2.65. The number of nitrogens with two attached hydrogens (primary N) is 1. The van der Waals surface area contributed by atoms with Crippen molar-refractivity contribution >= 4 is 0 Å². The highest BCUT2D eigenvalue weighted by molar-refractivity contribution is 4.64. The van der Waals surface area contributed by atoms with Gasteiger partial charge in [0.05, 0.1) is 6.10 Å². The predicted molar refractivity (Wildman–Crippen MR) is 57.6 cm³/mol. The van der Waals surface area contributed by atoms with Crippen molar-refractivity contribution < 1.29 is 5.11 Å². The van der Waals surface area contributed by atoms with E-state index in [1.807, 2.05) is 0 Å². The van der Waals surface area contributed by atoms with Crippen LogP contribution in [0.3, 0.4) is 0 Å². The topological polar surface area (TPSA) is 46.2 Å². The van der Waals surface area contributed by atoms with Crippen LogP contribution in [0, 0.1) is 5.92 Å². The van der Waals surface area contributed by atoms with Gasteiger partial charge in [-0.05, 0) is 25.3 Å². The van der Waals surface area contributed by atoms with Crippen molar-refractivity contribution in [3.8, 4) is 0 Å². The fourth-order valence-corrected chi connectivity index (χ4v) is 1.68. The molecule has 0 amide bonds. The first-order chi connectivity index (χ1) is 6.24. The van der Waals surface area contributed by atoms with Crippen LogP contribution in [0.4, 0.5) is 0 Å². The molecule has 0 saturated heterocycles. The van der Waals surface area contributed by atoms with Crippen molar-refractivity contribution in [2.45, 2.75) is 58.5 Å². The van der Waals surface area contributed by atoms with Gasteiger partial charge in [0, 0.05) is 0 Å². The Bertz CT molecular complexity index is 106. The first kappa shape index (κ1) is 12.9. The van der Waals surface area contributed by atoms with Gasteiger partial charge in [-0.3, -0.25) is 0 Å². The molecular weight excluding hydrogens is 162 g/mol. The summed E-state index contributed by atoms with van der Waals surface area (Å²) in [5.74, 6) is 0.696. The first-order valence-electron chi connectivity index (χ1n) is 5.62. The minimum atomic E-state index is -0.174. The Labute approximate surface area is 82.5 Å². The lowest BCUT2D eigenvalue weighted by Crippen LogP contribution is -2.17. The Morgan fingerprint density at radius 3 is 2.38 bits per heavy atom. The van der Waals surface area contributed by atoms with E-state index in [1.54, 1.807) is 0 Å². The Morgan fingerprint density at radius 2 is 1.92 bits per heavy atom. The Balaban J connectivity index is 3.56. The molecule has 80 valence electrons. The zero-order chi connectivity index (χ0) is 10.1. The molecule has 13 heavy (non-hydrogen) atoms. The smallest absolute Gasteiger partial charge is 0.0554 e. The average molecular weight is 187 g/mol. The van der Waals surface area contributed by atoms with E-state index in [0.717, 1.165) is 12.8 Å². The Morgan fingerprint density at radius 1 is 1.23 bits per heavy atom. The van der Waals surface area contributed by atoms with Gasteiger partial charge in [-0.2, -0.15) is 0 Å². The highest BCUT2D eigenvalue weighted by atomic mass is 16.3. The Hall–Kier alpha value is -0.0800. The molecule has 2 atom stereocenters. The van der Waals surface area contributed by atoms with Crippen molar-refractivity contribution in [3.05, 3.63) is 0 Å². The quantitative estimate of drug-likeness (QED) is 0.612. The van der Waals surface area contributed by atoms with Crippen LogP contribution in [0.25, 0.3) is 0 Å². The first-order valence-corrected chi connectivity index (χ1v) is 5.62. The highest BCUT2D eigenvalue weighted by Crippen LogP contribution is 2.19. The average Bonchev–Trinajstić information content (AvgIpc) is 2.12. The normalized spacial score (nSPS) is 15.7. The molecule has 0 aromatic heterocycles. The number of unbranched alkanes of at least 4 members (excludes halogenated alkanes) is 1. The minimum Gasteiger partial charge on any atom is -0.393 e. The standard InChI is InChI=1S/C11H25NO/c1-3-5-6-10(4-2)9-11(13)7-8-12/h10-11,13H,3-9,12H2,1-2H3. The summed E-state index contributed by atoms with van der Waals surface area (Å²) in [6, 6.07) is 0. The lowest BCUT2D eigenvalue weighted by atomic mass is 9.92. The molecule has 0 aliphatic heterocycles. The second kappa shape index (κ2) is 8.52. The van der Waals surface area contributed by atoms with E-state index in [1.165, 1.54) is 25.7 Å². The van der Waals surface area contributed by atoms with E-state index in [4.69, 9.17) is 5.73 Å². The molecule has 2 heteroatoms. The van der Waals surface area contributed by atoms with Gasteiger partial charge in [-0.15, -0.1) is 0 Å². The van der Waals surface area contributed by atoms with Gasteiger partial charge in [-0.1, -0.05) is 39.5 Å². The zero-order valence-electron chi connectivity index (χ0n) is 9.13. The summed E-state index contributed by atoms with van der Waals surface area (Å²) in [4.78, 5) is 0. The molecule has 2 nitrogen and oxygen atoms in total. The molecule has 0 spiro atoms. The third-order valence-electron chi connectivity index (χ3n) is 2.65. The summed E-state index contributed by atoms with van der Waals surface area (Å²) in [7, 11) is 0. The SMILES string of the molecule is CCCCC(CC)CC(O)CCN. The molecule has 0 rings (SSSR count). The van der Waals surface area contributed by atoms with Gasteiger partial charge in [-0.25, -0.2) is 0 Å². The molecule has 0 radical (unpaired) electrons. The predicted octanol–water partition coefficient (Wildman–Crippen LogP) is 2.30. The van der Waals surface area contributed by atoms with Gasteiger partial charge >= 0.3 is 0 Å². The maximum atomic E-state index is 9.57. The van der Waals surface area contributed by atoms with E-state index < -0.39 is 0 Å². The third kappa shape index (κ3) is 7.03. The molecular formula is C11H25NO. The number of hydrogen-bond donors (Lipinski definition) is 2. The maximum absolute atomic E-state index is 9.57. The van der Waals surface area contributed by atoms with Crippen LogP contribution in [0.1, 0.15) is 52.4 Å². The molecule has 0 heterocycles. The zero-order valence-corrected chi connectivity index (χ0v) is 9.13. The summed E-state index contributed by atoms with van der Waals surface area (Å²) in [6.07, 6.45) is 6.50. The summed E-state index contributed by atoms with van der Waals surface area (Å²) in [6.45, 7) is 5.02. The van der Waals surface area contributed by atoms with Crippen molar-refractivity contribution in [2.24, 2.45) is 11.7 Å². The highest BCUT2D eigenvalue weighted by Gasteiger charge is 2.11. The van der Waals surface area contributed by atoms with Crippen molar-refractivity contribution in [1.82, 2.24) is 0 Å². The Kier molecular flexibility index (Phi) is 8.46. The largest absolute Gasteiger partial charge is 0.393 e. The van der Waals surface area contributed by atoms with Crippen LogP contribution < -0.4 is 5.73 Å². The number of aliphatic hydroxyl groups excluding tert-OH is 1. The lowest BCUT2D eigenvalue weighted by molar-refractivity contribution is 0.131. The lowest BCUT2D eigenvalue weighted by Gasteiger charge is -2.18. The van der Waals surface area contributed by atoms with Crippen LogP contribution in [0.2, 0.25) is 0 Å². The van der Waals surface area contributed by atoms with Gasteiger partial charge in [0.25, 0.3) is 0 Å². The van der Waals surface area contributed by atoms with Crippen molar-refractivity contribution in [1.29, 1.82) is 0 Å². The second-order valence-corrected chi connectivity index (χ2v) is 3.88. The van der Waals surface area contributed by atoms with Gasteiger partial charge in [0.15, 0.2) is 0 Å². The summed E-state index contributed by atoms with van der Waals surface area (Å²) in [5, 5.41) is 9.57. The van der Waals surface area contributed by atoms with E-state index in [9.17, 15) is 5.11 Å². The van der Waals surface area contributed by atoms with Crippen LogP contribution in [-0.4, -0.2) is 17.8 Å². The molecule has 0 aliphatic carbocycles. The molecule has 0 bridgehead atoms. The maximum Gasteiger partial charge on any atom is 0.0554 e. The molecule has 2 unspecified atom stereocenters. The molecule has 0 fully saturated rings. The van der Waals surface area contributed by atoms with Gasteiger partial charge < -0.3 is 10.8 Å². The van der Waals surface area contributed by atoms with Gasteiger partial charge in [0.1, 0.15) is 0 Å². The molecule has 0 saturated carbocycles. The summed E-state index contributed by atoms with van der Waals surface area (Å²) < 4.78 is 0. The number of aliphatic hydroxyl groups is 1. The monoisotopic (exact) mass is 187 g/mol. The van der Waals surface area contributed by atoms with E-state index >= 15 is 0 Å². The van der Waals surface area contributed by atoms with E-state index in [2.05, 4.69) is 13.8 Å². The van der Waals surface area contributed by atoms with E-state index in [-0.39, 0.29) is 6.10 Å². The fraction of sp³-hybridized carbons (Fsp3) is 1.00. The van der Waals surface area contributed by atoms with Crippen molar-refractivity contribution in [3.63, 3.8) is 0 Å². The van der Waals surface area contributed by atoms with Crippen LogP contribution in [-0.2, 0) is 0 Å².